The van der Waals surface area contributed by atoms with E-state index >= 15 is 0 Å². The molecule has 0 radical (unpaired) electrons. The van der Waals surface area contributed by atoms with Crippen LogP contribution in [0.15, 0.2) is 30.3 Å². The molecule has 0 saturated carbocycles. The highest BCUT2D eigenvalue weighted by Crippen LogP contribution is 2.23. The molecule has 0 spiro atoms. The van der Waals surface area contributed by atoms with Gasteiger partial charge in [-0.25, -0.2) is 4.79 Å². The Balaban J connectivity index is 1.51. The third kappa shape index (κ3) is 17.8. The van der Waals surface area contributed by atoms with Gasteiger partial charge in [-0.1, -0.05) is 30.3 Å². The van der Waals surface area contributed by atoms with Crippen molar-refractivity contribution < 1.29 is 98.4 Å². The summed E-state index contributed by atoms with van der Waals surface area (Å²) in [5.41, 5.74) is 0.680. The Morgan fingerprint density at radius 1 is 0.603 bits per heavy atom. The lowest BCUT2D eigenvalue weighted by Gasteiger charge is -2.39. The first-order valence-corrected chi connectivity index (χ1v) is 20.2. The Labute approximate surface area is 361 Å². The van der Waals surface area contributed by atoms with Crippen LogP contribution in [0.1, 0.15) is 44.1 Å². The summed E-state index contributed by atoms with van der Waals surface area (Å²) in [4.78, 5) is 75.4. The first-order chi connectivity index (χ1) is 30.1. The predicted molar refractivity (Wildman–Crippen MR) is 209 cm³/mol. The van der Waals surface area contributed by atoms with Crippen molar-refractivity contribution in [1.82, 2.24) is 26.6 Å². The van der Waals surface area contributed by atoms with Gasteiger partial charge in [-0.05, 0) is 24.8 Å². The standard InChI is InChI=1S/C38H59N5O20/c44-17-23-28(50)30(52)32(54)36(62-23)59-15-13-39-25(46)10-8-21(34(56)41-14-16-60-37-33(55)31(53)29(51)24(18-45)63-37)42-26(47)7-4-12-40-35(57)22(9-11-27(48)49)43-38(58)61-19-20-5-2-1-3-6-20/h1-3,5-6,21-24,28-33,36-37,44-45,50-55H,4,7-19H2,(H,39,46)(H,40,57)(H,41,56)(H,42,47)(H,43,58)(H,48,49)/t21-,22-,23+,24+,28+,29+,30-,31-,32-,33-,36-,37-/m0/s1. The van der Waals surface area contributed by atoms with Gasteiger partial charge in [0.15, 0.2) is 12.6 Å². The quantitative estimate of drug-likeness (QED) is 0.0385. The number of nitrogens with one attached hydrogen (secondary N) is 5. The highest BCUT2D eigenvalue weighted by atomic mass is 16.7. The highest BCUT2D eigenvalue weighted by molar-refractivity contribution is 5.88. The van der Waals surface area contributed by atoms with Crippen LogP contribution in [0.4, 0.5) is 4.79 Å². The third-order valence-electron chi connectivity index (χ3n) is 9.75. The molecule has 0 aliphatic carbocycles. The number of hydrogen-bond donors (Lipinski definition) is 14. The van der Waals surface area contributed by atoms with E-state index < -0.39 is 129 Å². The van der Waals surface area contributed by atoms with E-state index in [9.17, 15) is 69.6 Å². The van der Waals surface area contributed by atoms with Crippen LogP contribution in [-0.2, 0) is 54.3 Å². The van der Waals surface area contributed by atoms with Crippen LogP contribution in [0.5, 0.6) is 0 Å². The van der Waals surface area contributed by atoms with E-state index in [4.69, 9.17) is 28.8 Å². The zero-order valence-electron chi connectivity index (χ0n) is 34.2. The summed E-state index contributed by atoms with van der Waals surface area (Å²) < 4.78 is 26.3. The van der Waals surface area contributed by atoms with Crippen LogP contribution in [0.3, 0.4) is 0 Å². The summed E-state index contributed by atoms with van der Waals surface area (Å²) in [7, 11) is 0. The molecule has 1 aromatic carbocycles. The number of carboxylic acid groups (broad SMARTS) is 1. The van der Waals surface area contributed by atoms with Crippen molar-refractivity contribution in [3.8, 4) is 0 Å². The Morgan fingerprint density at radius 3 is 1.65 bits per heavy atom. The molecule has 0 unspecified atom stereocenters. The molecule has 0 bridgehead atoms. The topological polar surface area (TPSA) is 391 Å². The molecule has 2 aliphatic rings. The molecule has 14 N–H and O–H groups in total. The first kappa shape index (κ1) is 52.7. The summed E-state index contributed by atoms with van der Waals surface area (Å²) in [6.45, 7) is -2.48. The lowest BCUT2D eigenvalue weighted by molar-refractivity contribution is -0.300. The SMILES string of the molecule is O=C(O)CC[C@H](NC(=O)OCc1ccccc1)C(=O)NCCCC(=O)N[C@@H](CCC(=O)NCCO[C@H]1O[C@H](CO)[C@@H](O)[C@H](O)[C@@H]1O)C(=O)NCCO[C@H]1O[C@H](CO)[C@@H](O)[C@H](O)[C@@H]1O. The van der Waals surface area contributed by atoms with E-state index in [2.05, 4.69) is 26.6 Å². The third-order valence-corrected chi connectivity index (χ3v) is 9.75. The Hall–Kier alpha value is -4.64. The number of alkyl carbamates (subject to hydrolysis) is 1. The van der Waals surface area contributed by atoms with E-state index in [1.807, 2.05) is 0 Å². The van der Waals surface area contributed by atoms with Gasteiger partial charge in [0.1, 0.15) is 67.5 Å². The van der Waals surface area contributed by atoms with Crippen LogP contribution in [0.2, 0.25) is 0 Å². The fourth-order valence-corrected chi connectivity index (χ4v) is 6.17. The number of ether oxygens (including phenoxy) is 5. The number of carbonyl (C=O) groups excluding carboxylic acids is 5. The second-order valence-corrected chi connectivity index (χ2v) is 14.5. The van der Waals surface area contributed by atoms with Gasteiger partial charge in [-0.2, -0.15) is 0 Å². The van der Waals surface area contributed by atoms with Crippen molar-refractivity contribution >= 4 is 35.7 Å². The summed E-state index contributed by atoms with van der Waals surface area (Å²) in [6.07, 6.45) is -17.7. The minimum Gasteiger partial charge on any atom is -0.481 e. The fourth-order valence-electron chi connectivity index (χ4n) is 6.17. The number of carboxylic acids is 1. The monoisotopic (exact) mass is 905 g/mol. The summed E-state index contributed by atoms with van der Waals surface area (Å²) >= 11 is 0. The van der Waals surface area contributed by atoms with Crippen LogP contribution < -0.4 is 26.6 Å². The highest BCUT2D eigenvalue weighted by Gasteiger charge is 2.45. The van der Waals surface area contributed by atoms with Gasteiger partial charge in [0.05, 0.1) is 26.4 Å². The lowest BCUT2D eigenvalue weighted by atomic mass is 9.99. The predicted octanol–water partition coefficient (Wildman–Crippen LogP) is -5.83. The number of benzene rings is 1. The summed E-state index contributed by atoms with van der Waals surface area (Å²) in [6, 6.07) is 6.11. The Kier molecular flexibility index (Phi) is 23.0. The first-order valence-electron chi connectivity index (χ1n) is 20.2. The van der Waals surface area contributed by atoms with Gasteiger partial charge >= 0.3 is 12.1 Å². The number of aliphatic carboxylic acids is 1. The zero-order valence-corrected chi connectivity index (χ0v) is 34.2. The molecule has 25 heteroatoms. The zero-order chi connectivity index (χ0) is 46.5. The number of carbonyl (C=O) groups is 6. The molecular formula is C38H59N5O20. The molecule has 2 fully saturated rings. The normalized spacial score (nSPS) is 26.7. The molecule has 25 nitrogen and oxygen atoms in total. The number of amides is 5. The van der Waals surface area contributed by atoms with Crippen molar-refractivity contribution in [1.29, 1.82) is 0 Å². The molecular weight excluding hydrogens is 846 g/mol. The molecule has 2 heterocycles. The molecule has 12 atom stereocenters. The molecule has 5 amide bonds. The fraction of sp³-hybridized carbons (Fsp3) is 0.684. The van der Waals surface area contributed by atoms with Crippen LogP contribution in [0, 0.1) is 0 Å². The average Bonchev–Trinajstić information content (AvgIpc) is 3.27. The van der Waals surface area contributed by atoms with E-state index in [-0.39, 0.29) is 71.6 Å². The molecule has 3 rings (SSSR count). The van der Waals surface area contributed by atoms with Crippen LogP contribution in [0.25, 0.3) is 0 Å². The van der Waals surface area contributed by atoms with Crippen molar-refractivity contribution in [3.05, 3.63) is 35.9 Å². The van der Waals surface area contributed by atoms with Gasteiger partial charge in [0.2, 0.25) is 23.6 Å². The number of rotatable bonds is 26. The number of aliphatic hydroxyl groups excluding tert-OH is 8. The molecule has 356 valence electrons. The van der Waals surface area contributed by atoms with E-state index in [0.717, 1.165) is 0 Å². The maximum Gasteiger partial charge on any atom is 0.408 e. The summed E-state index contributed by atoms with van der Waals surface area (Å²) in [5, 5.41) is 100. The number of aliphatic hydroxyl groups is 8. The molecule has 2 aliphatic heterocycles. The van der Waals surface area contributed by atoms with E-state index in [1.54, 1.807) is 30.3 Å². The second-order valence-electron chi connectivity index (χ2n) is 14.5. The Bertz CT molecular complexity index is 1590. The minimum atomic E-state index is -1.70. The van der Waals surface area contributed by atoms with Crippen molar-refractivity contribution in [2.45, 2.75) is 119 Å². The molecule has 1 aromatic rings. The number of hydrogen-bond acceptors (Lipinski definition) is 19. The van der Waals surface area contributed by atoms with Gasteiger partial charge in [-0.15, -0.1) is 0 Å². The lowest BCUT2D eigenvalue weighted by Crippen LogP contribution is -2.59. The molecule has 63 heavy (non-hydrogen) atoms. The molecule has 2 saturated heterocycles. The maximum atomic E-state index is 13.2. The maximum absolute atomic E-state index is 13.2. The largest absolute Gasteiger partial charge is 0.481 e. The smallest absolute Gasteiger partial charge is 0.408 e. The van der Waals surface area contributed by atoms with Gasteiger partial charge in [-0.3, -0.25) is 24.0 Å². The van der Waals surface area contributed by atoms with Gasteiger partial charge in [0.25, 0.3) is 0 Å². The second kappa shape index (κ2) is 27.5. The Morgan fingerprint density at radius 2 is 1.11 bits per heavy atom. The van der Waals surface area contributed by atoms with Crippen LogP contribution in [-0.4, -0.2) is 201 Å². The van der Waals surface area contributed by atoms with Crippen molar-refractivity contribution in [2.75, 3.05) is 46.1 Å². The average molecular weight is 906 g/mol. The van der Waals surface area contributed by atoms with Crippen molar-refractivity contribution in [2.24, 2.45) is 0 Å². The van der Waals surface area contributed by atoms with E-state index in [0.29, 0.717) is 5.56 Å². The van der Waals surface area contributed by atoms with Crippen LogP contribution >= 0.6 is 0 Å². The van der Waals surface area contributed by atoms with Gasteiger partial charge < -0.3 is 96.2 Å². The van der Waals surface area contributed by atoms with E-state index in [1.165, 1.54) is 0 Å². The summed E-state index contributed by atoms with van der Waals surface area (Å²) in [5.74, 6) is -3.97. The molecule has 0 aromatic heterocycles. The van der Waals surface area contributed by atoms with Gasteiger partial charge in [0, 0.05) is 38.9 Å². The minimum absolute atomic E-state index is 0.0257. The van der Waals surface area contributed by atoms with Crippen molar-refractivity contribution in [3.63, 3.8) is 0 Å².